The number of amides is 2. The van der Waals surface area contributed by atoms with Crippen molar-refractivity contribution in [1.29, 1.82) is 0 Å². The molecule has 0 aliphatic carbocycles. The van der Waals surface area contributed by atoms with E-state index in [1.807, 2.05) is 68.6 Å². The summed E-state index contributed by atoms with van der Waals surface area (Å²) in [5, 5.41) is 7.84. The number of rotatable bonds is 6. The number of nitrogens with one attached hydrogen (secondary N) is 2. The third-order valence-corrected chi connectivity index (χ3v) is 6.44. The molecule has 1 unspecified atom stereocenters. The quantitative estimate of drug-likeness (QED) is 0.476. The summed E-state index contributed by atoms with van der Waals surface area (Å²) in [7, 11) is 1.60. The zero-order valence-corrected chi connectivity index (χ0v) is 20.5. The molecule has 7 heteroatoms. The van der Waals surface area contributed by atoms with E-state index in [1.54, 1.807) is 25.3 Å². The maximum Gasteiger partial charge on any atom is 0.268 e. The topological polar surface area (TPSA) is 76.7 Å². The van der Waals surface area contributed by atoms with Gasteiger partial charge in [0.2, 0.25) is 0 Å². The summed E-state index contributed by atoms with van der Waals surface area (Å²) in [5.74, 6) is 0.677. The number of carbonyl (C=O) groups is 2. The number of ether oxygens (including phenoxy) is 2. The van der Waals surface area contributed by atoms with Gasteiger partial charge in [0.15, 0.2) is 0 Å². The van der Waals surface area contributed by atoms with Crippen LogP contribution >= 0.6 is 11.3 Å². The molecule has 2 aromatic carbocycles. The molecule has 176 valence electrons. The van der Waals surface area contributed by atoms with Crippen LogP contribution < -0.4 is 20.1 Å². The Kier molecular flexibility index (Phi) is 6.75. The molecule has 0 radical (unpaired) electrons. The van der Waals surface area contributed by atoms with Crippen molar-refractivity contribution in [1.82, 2.24) is 10.6 Å². The smallest absolute Gasteiger partial charge is 0.268 e. The van der Waals surface area contributed by atoms with Crippen molar-refractivity contribution in [2.75, 3.05) is 7.11 Å². The van der Waals surface area contributed by atoms with Crippen molar-refractivity contribution in [3.63, 3.8) is 0 Å². The second-order valence-electron chi connectivity index (χ2n) is 8.89. The van der Waals surface area contributed by atoms with Crippen LogP contribution in [0.5, 0.6) is 11.5 Å². The largest absolute Gasteiger partial charge is 0.497 e. The molecule has 0 saturated carbocycles. The van der Waals surface area contributed by atoms with Gasteiger partial charge in [-0.25, -0.2) is 0 Å². The lowest BCUT2D eigenvalue weighted by Gasteiger charge is -2.38. The van der Waals surface area contributed by atoms with Gasteiger partial charge in [0, 0.05) is 22.4 Å². The van der Waals surface area contributed by atoms with Gasteiger partial charge in [-0.05, 0) is 68.6 Å². The van der Waals surface area contributed by atoms with Crippen LogP contribution in [0.1, 0.15) is 52.7 Å². The van der Waals surface area contributed by atoms with E-state index in [2.05, 4.69) is 10.6 Å². The Labute approximate surface area is 203 Å². The first-order chi connectivity index (χ1) is 16.2. The van der Waals surface area contributed by atoms with Crippen LogP contribution in [0.3, 0.4) is 0 Å². The van der Waals surface area contributed by atoms with Crippen LogP contribution in [0.4, 0.5) is 0 Å². The Balaban J connectivity index is 1.62. The molecule has 2 amide bonds. The molecule has 0 bridgehead atoms. The summed E-state index contributed by atoms with van der Waals surface area (Å²) in [6, 6.07) is 16.3. The predicted octanol–water partition coefficient (Wildman–Crippen LogP) is 5.25. The molecule has 34 heavy (non-hydrogen) atoms. The van der Waals surface area contributed by atoms with Crippen LogP contribution in [0.15, 0.2) is 65.7 Å². The van der Waals surface area contributed by atoms with Gasteiger partial charge < -0.3 is 20.1 Å². The van der Waals surface area contributed by atoms with Gasteiger partial charge in [0.25, 0.3) is 11.8 Å². The molecule has 2 N–H and O–H groups in total. The molecule has 3 aromatic rings. The Morgan fingerprint density at radius 3 is 2.59 bits per heavy atom. The van der Waals surface area contributed by atoms with E-state index in [9.17, 15) is 9.59 Å². The van der Waals surface area contributed by atoms with Crippen molar-refractivity contribution in [3.05, 3.63) is 87.2 Å². The fraction of sp³-hybridized carbons (Fsp3) is 0.259. The highest BCUT2D eigenvalue weighted by molar-refractivity contribution is 7.10. The fourth-order valence-electron chi connectivity index (χ4n) is 3.90. The molecule has 0 saturated heterocycles. The Hall–Kier alpha value is -3.58. The zero-order valence-electron chi connectivity index (χ0n) is 19.7. The summed E-state index contributed by atoms with van der Waals surface area (Å²) in [5.41, 5.74) is 2.09. The highest BCUT2D eigenvalue weighted by atomic mass is 32.1. The van der Waals surface area contributed by atoms with Crippen LogP contribution in [0.25, 0.3) is 6.08 Å². The summed E-state index contributed by atoms with van der Waals surface area (Å²) >= 11 is 1.49. The van der Waals surface area contributed by atoms with Crippen LogP contribution in [0.2, 0.25) is 0 Å². The van der Waals surface area contributed by atoms with Gasteiger partial charge in [0.05, 0.1) is 13.2 Å². The predicted molar refractivity (Wildman–Crippen MR) is 134 cm³/mol. The number of hydrogen-bond donors (Lipinski definition) is 2. The van der Waals surface area contributed by atoms with Crippen molar-refractivity contribution in [2.24, 2.45) is 0 Å². The van der Waals surface area contributed by atoms with Crippen molar-refractivity contribution in [3.8, 4) is 11.5 Å². The van der Waals surface area contributed by atoms with Crippen molar-refractivity contribution >= 4 is 29.2 Å². The average molecular weight is 477 g/mol. The van der Waals surface area contributed by atoms with Gasteiger partial charge in [-0.3, -0.25) is 9.59 Å². The van der Waals surface area contributed by atoms with E-state index in [1.165, 1.54) is 11.3 Å². The number of thiophene rings is 1. The lowest BCUT2D eigenvalue weighted by Crippen LogP contribution is -2.43. The minimum atomic E-state index is -0.470. The Bertz CT molecular complexity index is 1210. The van der Waals surface area contributed by atoms with Crippen molar-refractivity contribution < 1.29 is 19.1 Å². The fourth-order valence-corrected chi connectivity index (χ4v) is 4.56. The van der Waals surface area contributed by atoms with Crippen LogP contribution in [-0.4, -0.2) is 24.5 Å². The zero-order chi connectivity index (χ0) is 24.3. The molecule has 2 heterocycles. The molecule has 0 spiro atoms. The number of carbonyl (C=O) groups excluding carboxylic acids is 2. The van der Waals surface area contributed by atoms with E-state index in [0.717, 1.165) is 16.0 Å². The standard InChI is InChI=1S/C27H28N2O4S/c1-17-7-9-18(10-8-17)25(30)28-22(15-20-6-5-13-34-20)26(31)29-23-16-27(2,3)33-24-12-11-19(32-4)14-21(23)24/h5-15,23H,16H2,1-4H3,(H,28,30)(H,29,31)/b22-15-. The van der Waals surface area contributed by atoms with Gasteiger partial charge in [-0.2, -0.15) is 0 Å². The first-order valence-electron chi connectivity index (χ1n) is 11.0. The van der Waals surface area contributed by atoms with Gasteiger partial charge in [0.1, 0.15) is 22.8 Å². The van der Waals surface area contributed by atoms with Crippen LogP contribution in [-0.2, 0) is 4.79 Å². The lowest BCUT2D eigenvalue weighted by molar-refractivity contribution is -0.119. The number of hydrogen-bond acceptors (Lipinski definition) is 5. The van der Waals surface area contributed by atoms with E-state index in [4.69, 9.17) is 9.47 Å². The van der Waals surface area contributed by atoms with Crippen molar-refractivity contribution in [2.45, 2.75) is 38.8 Å². The number of methoxy groups -OCH3 is 1. The van der Waals surface area contributed by atoms with Gasteiger partial charge >= 0.3 is 0 Å². The minimum absolute atomic E-state index is 0.182. The monoisotopic (exact) mass is 476 g/mol. The number of benzene rings is 2. The second-order valence-corrected chi connectivity index (χ2v) is 9.87. The molecule has 1 aliphatic heterocycles. The molecule has 6 nitrogen and oxygen atoms in total. The molecule has 4 rings (SSSR count). The summed E-state index contributed by atoms with van der Waals surface area (Å²) in [6.45, 7) is 5.93. The SMILES string of the molecule is COc1ccc2c(c1)C(NC(=O)/C(=C/c1cccs1)NC(=O)c1ccc(C)cc1)CC(C)(C)O2. The highest BCUT2D eigenvalue weighted by Crippen LogP contribution is 2.41. The second kappa shape index (κ2) is 9.73. The lowest BCUT2D eigenvalue weighted by atomic mass is 9.89. The molecule has 0 fully saturated rings. The summed E-state index contributed by atoms with van der Waals surface area (Å²) in [6.07, 6.45) is 2.26. The molecule has 1 aliphatic rings. The Morgan fingerprint density at radius 1 is 1.15 bits per heavy atom. The molecule has 1 aromatic heterocycles. The first-order valence-corrected chi connectivity index (χ1v) is 11.9. The highest BCUT2D eigenvalue weighted by Gasteiger charge is 2.35. The van der Waals surface area contributed by atoms with E-state index < -0.39 is 5.60 Å². The molecular weight excluding hydrogens is 448 g/mol. The van der Waals surface area contributed by atoms with Gasteiger partial charge in [-0.15, -0.1) is 11.3 Å². The summed E-state index contributed by atoms with van der Waals surface area (Å²) < 4.78 is 11.5. The first kappa shape index (κ1) is 23.6. The molecule has 1 atom stereocenters. The van der Waals surface area contributed by atoms with Crippen LogP contribution in [0, 0.1) is 6.92 Å². The average Bonchev–Trinajstić information content (AvgIpc) is 3.31. The minimum Gasteiger partial charge on any atom is -0.497 e. The third kappa shape index (κ3) is 5.48. The summed E-state index contributed by atoms with van der Waals surface area (Å²) in [4.78, 5) is 27.2. The van der Waals surface area contributed by atoms with E-state index in [-0.39, 0.29) is 23.6 Å². The number of aryl methyl sites for hydroxylation is 1. The maximum absolute atomic E-state index is 13.5. The van der Waals surface area contributed by atoms with E-state index in [0.29, 0.717) is 23.5 Å². The number of fused-ring (bicyclic) bond motifs is 1. The Morgan fingerprint density at radius 2 is 1.91 bits per heavy atom. The van der Waals surface area contributed by atoms with E-state index >= 15 is 0 Å². The van der Waals surface area contributed by atoms with Gasteiger partial charge in [-0.1, -0.05) is 23.8 Å². The normalized spacial score (nSPS) is 16.7. The maximum atomic E-state index is 13.5. The molecular formula is C27H28N2O4S. The third-order valence-electron chi connectivity index (χ3n) is 5.62.